The number of rotatable bonds is 8. The Hall–Kier alpha value is -0.750. The first kappa shape index (κ1) is 25.9. The van der Waals surface area contributed by atoms with Gasteiger partial charge in [-0.1, -0.05) is 34.6 Å². The topological polar surface area (TPSA) is 98.0 Å². The molecule has 0 saturated heterocycles. The highest BCUT2D eigenvalue weighted by molar-refractivity contribution is 6.01. The van der Waals surface area contributed by atoms with E-state index >= 15 is 0 Å². The average Bonchev–Trinajstić information content (AvgIpc) is 3.06. The molecule has 0 aromatic carbocycles. The predicted molar refractivity (Wildman–Crippen MR) is 126 cm³/mol. The first-order valence-corrected chi connectivity index (χ1v) is 12.9. The standard InChI is InChI=1S/C27H46O5/c1-16(2)6-9-23(30)17(3)20-7-8-21(26(20,4)12-13-28)19-15-24(31)22-14-18(29)10-11-27(22,5)25(19)32/h15-18,20-24,28-31H,6-14H2,1-5H3/t17-,18-,20+,21-,22+,23-,24-,26+,27-/m0/s1. The van der Waals surface area contributed by atoms with Gasteiger partial charge in [0.2, 0.25) is 0 Å². The summed E-state index contributed by atoms with van der Waals surface area (Å²) in [5.74, 6) is 0.722. The van der Waals surface area contributed by atoms with Gasteiger partial charge in [-0.05, 0) is 92.1 Å². The maximum absolute atomic E-state index is 13.8. The molecule has 0 aliphatic heterocycles. The zero-order valence-electron chi connectivity index (χ0n) is 20.8. The van der Waals surface area contributed by atoms with Crippen LogP contribution in [0.5, 0.6) is 0 Å². The minimum absolute atomic E-state index is 0.0221. The maximum Gasteiger partial charge on any atom is 0.165 e. The van der Waals surface area contributed by atoms with E-state index in [4.69, 9.17) is 0 Å². The average molecular weight is 451 g/mol. The van der Waals surface area contributed by atoms with E-state index in [0.29, 0.717) is 31.6 Å². The lowest BCUT2D eigenvalue weighted by Gasteiger charge is -2.49. The van der Waals surface area contributed by atoms with Crippen molar-refractivity contribution in [2.45, 2.75) is 104 Å². The molecule has 2 saturated carbocycles. The Morgan fingerprint density at radius 1 is 1.09 bits per heavy atom. The number of aliphatic hydroxyl groups excluding tert-OH is 4. The number of hydrogen-bond acceptors (Lipinski definition) is 5. The van der Waals surface area contributed by atoms with Crippen LogP contribution in [0.1, 0.15) is 86.0 Å². The second-order valence-electron chi connectivity index (χ2n) is 12.0. The first-order valence-electron chi connectivity index (χ1n) is 12.9. The fourth-order valence-electron chi connectivity index (χ4n) is 7.38. The number of hydrogen-bond donors (Lipinski definition) is 4. The summed E-state index contributed by atoms with van der Waals surface area (Å²) in [5.41, 5.74) is -0.204. The first-order chi connectivity index (χ1) is 15.0. The molecular formula is C27H46O5. The molecule has 4 N–H and O–H groups in total. The van der Waals surface area contributed by atoms with Crippen molar-refractivity contribution in [2.75, 3.05) is 6.61 Å². The van der Waals surface area contributed by atoms with Gasteiger partial charge in [-0.2, -0.15) is 0 Å². The van der Waals surface area contributed by atoms with Gasteiger partial charge in [-0.3, -0.25) is 4.79 Å². The highest BCUT2D eigenvalue weighted by atomic mass is 16.3. The fourth-order valence-corrected chi connectivity index (χ4v) is 7.38. The molecule has 32 heavy (non-hydrogen) atoms. The molecule has 5 nitrogen and oxygen atoms in total. The Morgan fingerprint density at radius 2 is 1.78 bits per heavy atom. The summed E-state index contributed by atoms with van der Waals surface area (Å²) in [5, 5.41) is 42.0. The summed E-state index contributed by atoms with van der Waals surface area (Å²) in [6.45, 7) is 10.7. The lowest BCUT2D eigenvalue weighted by Crippen LogP contribution is -2.52. The van der Waals surface area contributed by atoms with Gasteiger partial charge >= 0.3 is 0 Å². The summed E-state index contributed by atoms with van der Waals surface area (Å²) in [7, 11) is 0. The molecule has 0 bridgehead atoms. The normalized spacial score (nSPS) is 42.0. The van der Waals surface area contributed by atoms with Gasteiger partial charge in [0.25, 0.3) is 0 Å². The van der Waals surface area contributed by atoms with Crippen LogP contribution in [-0.4, -0.2) is 51.1 Å². The van der Waals surface area contributed by atoms with Crippen LogP contribution < -0.4 is 0 Å². The molecule has 0 aromatic rings. The van der Waals surface area contributed by atoms with Crippen molar-refractivity contribution in [3.63, 3.8) is 0 Å². The van der Waals surface area contributed by atoms with Gasteiger partial charge in [0.15, 0.2) is 5.78 Å². The third-order valence-corrected chi connectivity index (χ3v) is 9.60. The van der Waals surface area contributed by atoms with Crippen molar-refractivity contribution in [3.05, 3.63) is 11.6 Å². The summed E-state index contributed by atoms with van der Waals surface area (Å²) in [6, 6.07) is 0. The molecule has 0 unspecified atom stereocenters. The third-order valence-electron chi connectivity index (χ3n) is 9.60. The quantitative estimate of drug-likeness (QED) is 0.450. The van der Waals surface area contributed by atoms with Crippen molar-refractivity contribution in [3.8, 4) is 0 Å². The highest BCUT2D eigenvalue weighted by Crippen LogP contribution is 2.59. The van der Waals surface area contributed by atoms with E-state index in [0.717, 1.165) is 31.3 Å². The van der Waals surface area contributed by atoms with E-state index in [1.165, 1.54) is 0 Å². The zero-order valence-corrected chi connectivity index (χ0v) is 20.8. The number of Topliss-reactive ketones (excluding diaryl/α,β-unsaturated/α-hetero) is 1. The SMILES string of the molecule is CC(C)CC[C@H](O)[C@@H](C)[C@H]1CC[C@@H](C2=C[C@H](O)[C@H]3C[C@@H](O)CC[C@]3(C)C2=O)[C@]1(C)CCO. The predicted octanol–water partition coefficient (Wildman–Crippen LogP) is 3.87. The van der Waals surface area contributed by atoms with Gasteiger partial charge in [0.05, 0.1) is 18.3 Å². The molecule has 2 fully saturated rings. The van der Waals surface area contributed by atoms with Crippen LogP contribution in [0.3, 0.4) is 0 Å². The van der Waals surface area contributed by atoms with Crippen LogP contribution in [-0.2, 0) is 4.79 Å². The molecule has 3 aliphatic rings. The summed E-state index contributed by atoms with van der Waals surface area (Å²) in [4.78, 5) is 13.8. The van der Waals surface area contributed by atoms with E-state index < -0.39 is 17.6 Å². The monoisotopic (exact) mass is 450 g/mol. The van der Waals surface area contributed by atoms with Gasteiger partial charge in [-0.15, -0.1) is 0 Å². The van der Waals surface area contributed by atoms with Crippen molar-refractivity contribution in [1.29, 1.82) is 0 Å². The molecule has 0 aromatic heterocycles. The summed E-state index contributed by atoms with van der Waals surface area (Å²) < 4.78 is 0. The van der Waals surface area contributed by atoms with Crippen LogP contribution in [0, 0.1) is 40.4 Å². The van der Waals surface area contributed by atoms with E-state index in [1.54, 1.807) is 6.08 Å². The Labute approximate surface area is 194 Å². The lowest BCUT2D eigenvalue weighted by molar-refractivity contribution is -0.138. The number of carbonyl (C=O) groups excluding carboxylic acids is 1. The van der Waals surface area contributed by atoms with Crippen LogP contribution in [0.15, 0.2) is 11.6 Å². The molecule has 5 heteroatoms. The summed E-state index contributed by atoms with van der Waals surface area (Å²) in [6.07, 6.45) is 5.98. The van der Waals surface area contributed by atoms with Gasteiger partial charge in [-0.25, -0.2) is 0 Å². The lowest BCUT2D eigenvalue weighted by atomic mass is 9.55. The third kappa shape index (κ3) is 4.60. The maximum atomic E-state index is 13.8. The van der Waals surface area contributed by atoms with Crippen LogP contribution >= 0.6 is 0 Å². The van der Waals surface area contributed by atoms with Crippen molar-refractivity contribution in [2.24, 2.45) is 40.4 Å². The Bertz CT molecular complexity index is 702. The van der Waals surface area contributed by atoms with E-state index in [2.05, 4.69) is 27.7 Å². The van der Waals surface area contributed by atoms with E-state index in [-0.39, 0.29) is 47.6 Å². The number of ketones is 1. The van der Waals surface area contributed by atoms with Gasteiger partial charge < -0.3 is 20.4 Å². The summed E-state index contributed by atoms with van der Waals surface area (Å²) >= 11 is 0. The number of carbonyl (C=O) groups is 1. The second-order valence-corrected chi connectivity index (χ2v) is 12.0. The smallest absolute Gasteiger partial charge is 0.165 e. The van der Waals surface area contributed by atoms with Crippen LogP contribution in [0.4, 0.5) is 0 Å². The zero-order chi connectivity index (χ0) is 23.8. The molecular weight excluding hydrogens is 404 g/mol. The van der Waals surface area contributed by atoms with Crippen molar-refractivity contribution < 1.29 is 25.2 Å². The second kappa shape index (κ2) is 9.85. The fraction of sp³-hybridized carbons (Fsp3) is 0.889. The highest BCUT2D eigenvalue weighted by Gasteiger charge is 2.57. The van der Waals surface area contributed by atoms with Gasteiger partial charge in [0, 0.05) is 17.9 Å². The van der Waals surface area contributed by atoms with Crippen molar-refractivity contribution in [1.82, 2.24) is 0 Å². The molecule has 0 radical (unpaired) electrons. The Balaban J connectivity index is 1.88. The number of aliphatic hydroxyl groups is 4. The number of allylic oxidation sites excluding steroid dienone is 1. The van der Waals surface area contributed by atoms with E-state index in [1.807, 2.05) is 6.92 Å². The molecule has 0 amide bonds. The number of fused-ring (bicyclic) bond motifs is 1. The molecule has 9 atom stereocenters. The molecule has 3 aliphatic carbocycles. The minimum atomic E-state index is -0.728. The van der Waals surface area contributed by atoms with Crippen LogP contribution in [0.2, 0.25) is 0 Å². The van der Waals surface area contributed by atoms with Crippen molar-refractivity contribution >= 4 is 5.78 Å². The van der Waals surface area contributed by atoms with E-state index in [9.17, 15) is 25.2 Å². The minimum Gasteiger partial charge on any atom is -0.396 e. The van der Waals surface area contributed by atoms with Gasteiger partial charge in [0.1, 0.15) is 0 Å². The largest absolute Gasteiger partial charge is 0.396 e. The molecule has 0 heterocycles. The van der Waals surface area contributed by atoms with Crippen LogP contribution in [0.25, 0.3) is 0 Å². The Kier molecular flexibility index (Phi) is 7.96. The molecule has 184 valence electrons. The molecule has 0 spiro atoms. The Morgan fingerprint density at radius 3 is 2.41 bits per heavy atom. The molecule has 3 rings (SSSR count).